The summed E-state index contributed by atoms with van der Waals surface area (Å²) in [6, 6.07) is 13.4. The van der Waals surface area contributed by atoms with Crippen LogP contribution in [0.15, 0.2) is 72.6 Å². The highest BCUT2D eigenvalue weighted by molar-refractivity contribution is 7.09. The highest BCUT2D eigenvalue weighted by Gasteiger charge is 2.31. The van der Waals surface area contributed by atoms with E-state index in [9.17, 15) is 18.0 Å². The van der Waals surface area contributed by atoms with Gasteiger partial charge in [-0.1, -0.05) is 30.3 Å². The molecule has 0 aliphatic carbocycles. The summed E-state index contributed by atoms with van der Waals surface area (Å²) < 4.78 is 40.3. The first-order valence-electron chi connectivity index (χ1n) is 10.4. The van der Waals surface area contributed by atoms with Crippen molar-refractivity contribution >= 4 is 23.1 Å². The topological polar surface area (TPSA) is 84.7 Å². The first kappa shape index (κ1) is 23.6. The van der Waals surface area contributed by atoms with Gasteiger partial charge in [0.1, 0.15) is 12.4 Å². The third-order valence-corrected chi connectivity index (χ3v) is 5.72. The van der Waals surface area contributed by atoms with Crippen LogP contribution in [0.5, 0.6) is 0 Å². The summed E-state index contributed by atoms with van der Waals surface area (Å²) in [6.07, 6.45) is 0.602. The van der Waals surface area contributed by atoms with E-state index in [2.05, 4.69) is 25.7 Å². The summed E-state index contributed by atoms with van der Waals surface area (Å²) in [5.41, 5.74) is 3.51. The van der Waals surface area contributed by atoms with E-state index >= 15 is 0 Å². The third-order valence-electron chi connectivity index (χ3n) is 4.94. The second-order valence-corrected chi connectivity index (χ2v) is 8.47. The number of anilines is 1. The molecule has 0 radical (unpaired) electrons. The molecule has 3 heterocycles. The smallest absolute Gasteiger partial charge is 0.310 e. The molecule has 11 heteroatoms. The number of nitrogens with zero attached hydrogens (tertiary/aromatic N) is 4. The fourth-order valence-corrected chi connectivity index (χ4v) is 3.89. The summed E-state index contributed by atoms with van der Waals surface area (Å²) in [4.78, 5) is 22.1. The van der Waals surface area contributed by atoms with E-state index in [0.717, 1.165) is 15.1 Å². The van der Waals surface area contributed by atoms with E-state index in [4.69, 9.17) is 0 Å². The van der Waals surface area contributed by atoms with Crippen molar-refractivity contribution in [3.05, 3.63) is 83.1 Å². The van der Waals surface area contributed by atoms with Crippen LogP contribution in [0.2, 0.25) is 0 Å². The first-order valence-corrected chi connectivity index (χ1v) is 11.3. The third kappa shape index (κ3) is 6.49. The van der Waals surface area contributed by atoms with E-state index < -0.39 is 24.7 Å². The predicted molar refractivity (Wildman–Crippen MR) is 123 cm³/mol. The number of benzene rings is 1. The zero-order valence-corrected chi connectivity index (χ0v) is 18.7. The normalized spacial score (nSPS) is 12.4. The van der Waals surface area contributed by atoms with Gasteiger partial charge in [0.15, 0.2) is 0 Å². The van der Waals surface area contributed by atoms with Gasteiger partial charge in [0.25, 0.3) is 0 Å². The minimum atomic E-state index is -4.51. The van der Waals surface area contributed by atoms with Crippen molar-refractivity contribution < 1.29 is 18.0 Å². The maximum Gasteiger partial charge on any atom is 0.408 e. The molecule has 0 unspecified atom stereocenters. The van der Waals surface area contributed by atoms with Crippen LogP contribution in [0.25, 0.3) is 11.3 Å². The van der Waals surface area contributed by atoms with Crippen LogP contribution in [0, 0.1) is 0 Å². The van der Waals surface area contributed by atoms with Gasteiger partial charge in [-0.2, -0.15) is 18.3 Å². The number of nitrogens with one attached hydrogen (secondary N) is 2. The molecular formula is C23H21F3N6OS. The molecule has 3 aromatic heterocycles. The van der Waals surface area contributed by atoms with Gasteiger partial charge >= 0.3 is 6.18 Å². The van der Waals surface area contributed by atoms with Crippen molar-refractivity contribution in [2.24, 2.45) is 0 Å². The van der Waals surface area contributed by atoms with Crippen LogP contribution in [0.4, 0.5) is 19.0 Å². The fourth-order valence-electron chi connectivity index (χ4n) is 3.35. The Balaban J connectivity index is 1.58. The fraction of sp³-hybridized carbons (Fsp3) is 0.217. The number of amides is 1. The molecule has 34 heavy (non-hydrogen) atoms. The summed E-state index contributed by atoms with van der Waals surface area (Å²) in [5, 5.41) is 9.92. The van der Waals surface area contributed by atoms with Crippen LogP contribution >= 0.6 is 11.3 Å². The molecule has 0 fully saturated rings. The zero-order chi connectivity index (χ0) is 24.0. The van der Waals surface area contributed by atoms with Crippen molar-refractivity contribution in [1.29, 1.82) is 0 Å². The van der Waals surface area contributed by atoms with E-state index in [1.165, 1.54) is 29.8 Å². The Labute approximate surface area is 197 Å². The number of carbonyl (C=O) groups excluding carboxylic acids is 1. The number of hydrogen-bond acceptors (Lipinski definition) is 6. The quantitative estimate of drug-likeness (QED) is 0.369. The Hall–Kier alpha value is -3.57. The van der Waals surface area contributed by atoms with Crippen molar-refractivity contribution in [2.75, 3.05) is 5.32 Å². The number of aromatic nitrogens is 4. The van der Waals surface area contributed by atoms with Gasteiger partial charge in [0, 0.05) is 41.6 Å². The van der Waals surface area contributed by atoms with Crippen molar-refractivity contribution in [3.63, 3.8) is 0 Å². The molecule has 0 aliphatic heterocycles. The number of thiazole rings is 1. The lowest BCUT2D eigenvalue weighted by Gasteiger charge is -2.19. The van der Waals surface area contributed by atoms with E-state index in [-0.39, 0.29) is 5.82 Å². The SMILES string of the molecule is O=C(Nc1cc(-c2ccncc2)nn1CC(F)(F)F)[C@H](Cc1ccccc1)NCc1cncs1. The van der Waals surface area contributed by atoms with Gasteiger partial charge in [-0.15, -0.1) is 11.3 Å². The molecule has 176 valence electrons. The Morgan fingerprint density at radius 3 is 2.53 bits per heavy atom. The van der Waals surface area contributed by atoms with Gasteiger partial charge in [-0.05, 0) is 24.1 Å². The molecule has 1 aromatic carbocycles. The average molecular weight is 487 g/mol. The molecule has 4 aromatic rings. The van der Waals surface area contributed by atoms with Crippen LogP contribution < -0.4 is 10.6 Å². The van der Waals surface area contributed by atoms with E-state index in [1.54, 1.807) is 23.8 Å². The lowest BCUT2D eigenvalue weighted by Crippen LogP contribution is -2.42. The molecule has 2 N–H and O–H groups in total. The van der Waals surface area contributed by atoms with Gasteiger partial charge < -0.3 is 10.6 Å². The number of halogens is 3. The van der Waals surface area contributed by atoms with Crippen molar-refractivity contribution in [3.8, 4) is 11.3 Å². The highest BCUT2D eigenvalue weighted by Crippen LogP contribution is 2.25. The van der Waals surface area contributed by atoms with E-state index in [0.29, 0.717) is 24.2 Å². The number of hydrogen-bond donors (Lipinski definition) is 2. The molecule has 0 saturated heterocycles. The number of alkyl halides is 3. The summed E-state index contributed by atoms with van der Waals surface area (Å²) in [7, 11) is 0. The average Bonchev–Trinajstić information content (AvgIpc) is 3.47. The number of pyridine rings is 1. The Bertz CT molecular complexity index is 1200. The van der Waals surface area contributed by atoms with Crippen LogP contribution in [-0.2, 0) is 24.3 Å². The summed E-state index contributed by atoms with van der Waals surface area (Å²) >= 11 is 1.45. The van der Waals surface area contributed by atoms with Gasteiger partial charge in [0.2, 0.25) is 5.91 Å². The molecule has 0 spiro atoms. The Kier molecular flexibility index (Phi) is 7.33. The minimum absolute atomic E-state index is 0.0354. The molecular weight excluding hydrogens is 465 g/mol. The molecule has 0 bridgehead atoms. The molecule has 1 amide bonds. The largest absolute Gasteiger partial charge is 0.408 e. The predicted octanol–water partition coefficient (Wildman–Crippen LogP) is 4.30. The lowest BCUT2D eigenvalue weighted by atomic mass is 10.1. The molecule has 1 atom stereocenters. The van der Waals surface area contributed by atoms with Gasteiger partial charge in [-0.3, -0.25) is 14.8 Å². The molecule has 4 rings (SSSR count). The number of carbonyl (C=O) groups is 1. The van der Waals surface area contributed by atoms with E-state index in [1.807, 2.05) is 30.3 Å². The summed E-state index contributed by atoms with van der Waals surface area (Å²) in [5.74, 6) is -0.496. The van der Waals surface area contributed by atoms with Crippen molar-refractivity contribution in [1.82, 2.24) is 25.1 Å². The Morgan fingerprint density at radius 2 is 1.85 bits per heavy atom. The monoisotopic (exact) mass is 486 g/mol. The van der Waals surface area contributed by atoms with Gasteiger partial charge in [0.05, 0.1) is 17.2 Å². The second kappa shape index (κ2) is 10.6. The lowest BCUT2D eigenvalue weighted by molar-refractivity contribution is -0.142. The standard InChI is InChI=1S/C23H21F3N6OS/c24-23(25,26)14-32-21(11-19(31-32)17-6-8-27-9-7-17)30-22(33)20(10-16-4-2-1-3-5-16)29-13-18-12-28-15-34-18/h1-9,11-12,15,20,29H,10,13-14H2,(H,30,33)/t20-/m0/s1. The van der Waals surface area contributed by atoms with Crippen LogP contribution in [0.1, 0.15) is 10.4 Å². The molecule has 7 nitrogen and oxygen atoms in total. The van der Waals surface area contributed by atoms with Crippen molar-refractivity contribution in [2.45, 2.75) is 31.7 Å². The minimum Gasteiger partial charge on any atom is -0.310 e. The van der Waals surface area contributed by atoms with Crippen LogP contribution in [-0.4, -0.2) is 37.9 Å². The summed E-state index contributed by atoms with van der Waals surface area (Å²) in [6.45, 7) is -0.926. The zero-order valence-electron chi connectivity index (χ0n) is 17.9. The molecule has 0 saturated carbocycles. The molecule has 0 aliphatic rings. The maximum atomic E-state index is 13.2. The first-order chi connectivity index (χ1) is 16.4. The van der Waals surface area contributed by atoms with Crippen LogP contribution in [0.3, 0.4) is 0 Å². The Morgan fingerprint density at radius 1 is 1.09 bits per heavy atom. The highest BCUT2D eigenvalue weighted by atomic mass is 32.1. The second-order valence-electron chi connectivity index (χ2n) is 7.50. The maximum absolute atomic E-state index is 13.2. The number of rotatable bonds is 9. The van der Waals surface area contributed by atoms with Gasteiger partial charge in [-0.25, -0.2) is 4.68 Å².